The highest BCUT2D eigenvalue weighted by Crippen LogP contribution is 2.26. The summed E-state index contributed by atoms with van der Waals surface area (Å²) in [4.78, 5) is 2.52. The lowest BCUT2D eigenvalue weighted by molar-refractivity contribution is 0.0810. The fourth-order valence-corrected chi connectivity index (χ4v) is 2.84. The minimum absolute atomic E-state index is 0.370. The lowest BCUT2D eigenvalue weighted by Crippen LogP contribution is -2.40. The molecule has 1 aromatic carbocycles. The van der Waals surface area contributed by atoms with E-state index in [1.807, 2.05) is 0 Å². The molecule has 2 rings (SSSR count). The number of likely N-dealkylation sites (tertiary alicyclic amines) is 1. The smallest absolute Gasteiger partial charge is 0.0491 e. The van der Waals surface area contributed by atoms with E-state index in [1.54, 1.807) is 7.11 Å². The van der Waals surface area contributed by atoms with Crippen molar-refractivity contribution in [3.05, 3.63) is 35.9 Å². The molecule has 0 bridgehead atoms. The van der Waals surface area contributed by atoms with Gasteiger partial charge in [0.05, 0.1) is 0 Å². The van der Waals surface area contributed by atoms with E-state index < -0.39 is 0 Å². The van der Waals surface area contributed by atoms with Crippen LogP contribution in [0.1, 0.15) is 24.4 Å². The fraction of sp³-hybridized carbons (Fsp3) is 0.600. The lowest BCUT2D eigenvalue weighted by Gasteiger charge is -2.37. The number of methoxy groups -OCH3 is 1. The van der Waals surface area contributed by atoms with Crippen LogP contribution in [-0.2, 0) is 4.74 Å². The zero-order valence-corrected chi connectivity index (χ0v) is 11.2. The van der Waals surface area contributed by atoms with Gasteiger partial charge in [-0.1, -0.05) is 30.3 Å². The SMILES string of the molecule is COCC1CCN(C(CN)c2ccccc2)CC1. The summed E-state index contributed by atoms with van der Waals surface area (Å²) in [5, 5.41) is 0. The van der Waals surface area contributed by atoms with E-state index in [0.717, 1.165) is 25.6 Å². The highest BCUT2D eigenvalue weighted by atomic mass is 16.5. The largest absolute Gasteiger partial charge is 0.384 e. The Balaban J connectivity index is 1.95. The van der Waals surface area contributed by atoms with E-state index in [9.17, 15) is 0 Å². The number of hydrogen-bond donors (Lipinski definition) is 1. The van der Waals surface area contributed by atoms with E-state index in [-0.39, 0.29) is 0 Å². The van der Waals surface area contributed by atoms with E-state index in [2.05, 4.69) is 35.2 Å². The minimum atomic E-state index is 0.370. The van der Waals surface area contributed by atoms with Crippen molar-refractivity contribution in [1.29, 1.82) is 0 Å². The van der Waals surface area contributed by atoms with Crippen molar-refractivity contribution in [1.82, 2.24) is 4.90 Å². The molecule has 0 saturated carbocycles. The van der Waals surface area contributed by atoms with Gasteiger partial charge in [0.2, 0.25) is 0 Å². The molecule has 2 N–H and O–H groups in total. The van der Waals surface area contributed by atoms with Crippen LogP contribution in [0.25, 0.3) is 0 Å². The first-order valence-electron chi connectivity index (χ1n) is 6.83. The van der Waals surface area contributed by atoms with Gasteiger partial charge in [0.15, 0.2) is 0 Å². The van der Waals surface area contributed by atoms with Crippen molar-refractivity contribution in [3.8, 4) is 0 Å². The van der Waals surface area contributed by atoms with Gasteiger partial charge in [0, 0.05) is 26.3 Å². The van der Waals surface area contributed by atoms with Crippen LogP contribution >= 0.6 is 0 Å². The van der Waals surface area contributed by atoms with Crippen molar-refractivity contribution in [2.75, 3.05) is 33.4 Å². The molecule has 1 aliphatic rings. The first-order valence-corrected chi connectivity index (χ1v) is 6.83. The van der Waals surface area contributed by atoms with E-state index in [1.165, 1.54) is 18.4 Å². The highest BCUT2D eigenvalue weighted by molar-refractivity contribution is 5.19. The van der Waals surface area contributed by atoms with Gasteiger partial charge in [-0.15, -0.1) is 0 Å². The summed E-state index contributed by atoms with van der Waals surface area (Å²) in [6.07, 6.45) is 2.44. The molecule has 0 amide bonds. The van der Waals surface area contributed by atoms with Gasteiger partial charge in [-0.3, -0.25) is 4.90 Å². The number of benzene rings is 1. The third-order valence-corrected chi connectivity index (χ3v) is 3.90. The van der Waals surface area contributed by atoms with Gasteiger partial charge in [0.1, 0.15) is 0 Å². The van der Waals surface area contributed by atoms with Crippen LogP contribution in [0.2, 0.25) is 0 Å². The summed E-state index contributed by atoms with van der Waals surface area (Å²) in [6.45, 7) is 3.85. The zero-order chi connectivity index (χ0) is 12.8. The molecule has 18 heavy (non-hydrogen) atoms. The van der Waals surface area contributed by atoms with Gasteiger partial charge in [-0.05, 0) is 37.4 Å². The molecule has 0 radical (unpaired) electrons. The molecule has 1 saturated heterocycles. The second-order valence-electron chi connectivity index (χ2n) is 5.10. The van der Waals surface area contributed by atoms with Crippen LogP contribution in [0.5, 0.6) is 0 Å². The van der Waals surface area contributed by atoms with Gasteiger partial charge < -0.3 is 10.5 Å². The summed E-state index contributed by atoms with van der Waals surface area (Å²) in [6, 6.07) is 11.0. The number of ether oxygens (including phenoxy) is 1. The number of hydrogen-bond acceptors (Lipinski definition) is 3. The molecule has 1 unspecified atom stereocenters. The van der Waals surface area contributed by atoms with Gasteiger partial charge in [-0.2, -0.15) is 0 Å². The topological polar surface area (TPSA) is 38.5 Å². The average Bonchev–Trinajstić information content (AvgIpc) is 2.43. The van der Waals surface area contributed by atoms with E-state index in [0.29, 0.717) is 12.6 Å². The summed E-state index contributed by atoms with van der Waals surface area (Å²) in [5.41, 5.74) is 7.30. The molecule has 0 aliphatic carbocycles. The molecule has 1 fully saturated rings. The highest BCUT2D eigenvalue weighted by Gasteiger charge is 2.24. The predicted octanol–water partition coefficient (Wildman–Crippen LogP) is 2.04. The van der Waals surface area contributed by atoms with Crippen LogP contribution < -0.4 is 5.73 Å². The molecule has 3 heteroatoms. The van der Waals surface area contributed by atoms with E-state index >= 15 is 0 Å². The van der Waals surface area contributed by atoms with Crippen LogP contribution in [0.15, 0.2) is 30.3 Å². The molecule has 1 aromatic rings. The zero-order valence-electron chi connectivity index (χ0n) is 11.2. The normalized spacial score (nSPS) is 19.9. The molecule has 0 aromatic heterocycles. The van der Waals surface area contributed by atoms with Crippen molar-refractivity contribution in [3.63, 3.8) is 0 Å². The van der Waals surface area contributed by atoms with Crippen molar-refractivity contribution < 1.29 is 4.74 Å². The maximum atomic E-state index is 5.96. The maximum Gasteiger partial charge on any atom is 0.0491 e. The van der Waals surface area contributed by atoms with Crippen LogP contribution in [0.3, 0.4) is 0 Å². The molecule has 100 valence electrons. The molecular weight excluding hydrogens is 224 g/mol. The van der Waals surface area contributed by atoms with Crippen molar-refractivity contribution in [2.24, 2.45) is 11.7 Å². The number of nitrogens with zero attached hydrogens (tertiary/aromatic N) is 1. The monoisotopic (exact) mass is 248 g/mol. The second kappa shape index (κ2) is 6.88. The number of piperidine rings is 1. The second-order valence-corrected chi connectivity index (χ2v) is 5.10. The van der Waals surface area contributed by atoms with Gasteiger partial charge in [-0.25, -0.2) is 0 Å². The lowest BCUT2D eigenvalue weighted by atomic mass is 9.95. The summed E-state index contributed by atoms with van der Waals surface area (Å²) in [7, 11) is 1.79. The molecule has 3 nitrogen and oxygen atoms in total. The summed E-state index contributed by atoms with van der Waals surface area (Å²) >= 11 is 0. The van der Waals surface area contributed by atoms with Gasteiger partial charge in [0.25, 0.3) is 0 Å². The maximum absolute atomic E-state index is 5.96. The Hall–Kier alpha value is -0.900. The number of rotatable bonds is 5. The average molecular weight is 248 g/mol. The van der Waals surface area contributed by atoms with Gasteiger partial charge >= 0.3 is 0 Å². The quantitative estimate of drug-likeness (QED) is 0.866. The third kappa shape index (κ3) is 3.31. The fourth-order valence-electron chi connectivity index (χ4n) is 2.84. The summed E-state index contributed by atoms with van der Waals surface area (Å²) < 4.78 is 5.24. The Morgan fingerprint density at radius 3 is 2.50 bits per heavy atom. The van der Waals surface area contributed by atoms with Crippen LogP contribution in [0.4, 0.5) is 0 Å². The molecule has 1 aliphatic heterocycles. The molecule has 1 atom stereocenters. The third-order valence-electron chi connectivity index (χ3n) is 3.90. The minimum Gasteiger partial charge on any atom is -0.384 e. The van der Waals surface area contributed by atoms with Crippen LogP contribution in [0, 0.1) is 5.92 Å². The molecule has 1 heterocycles. The molecule has 0 spiro atoms. The van der Waals surface area contributed by atoms with Crippen LogP contribution in [-0.4, -0.2) is 38.3 Å². The van der Waals surface area contributed by atoms with E-state index in [4.69, 9.17) is 10.5 Å². The first kappa shape index (κ1) is 13.5. The standard InChI is InChI=1S/C15H24N2O/c1-18-12-13-7-9-17(10-8-13)15(11-16)14-5-3-2-4-6-14/h2-6,13,15H,7-12,16H2,1H3. The molecular formula is C15H24N2O. The Bertz CT molecular complexity index is 334. The Morgan fingerprint density at radius 1 is 1.28 bits per heavy atom. The Morgan fingerprint density at radius 2 is 1.94 bits per heavy atom. The number of nitrogens with two attached hydrogens (primary N) is 1. The predicted molar refractivity (Wildman–Crippen MR) is 74.4 cm³/mol. The van der Waals surface area contributed by atoms with Crippen molar-refractivity contribution >= 4 is 0 Å². The van der Waals surface area contributed by atoms with Crippen molar-refractivity contribution in [2.45, 2.75) is 18.9 Å². The Labute approximate surface area is 110 Å². The Kier molecular flexibility index (Phi) is 5.17. The first-order chi connectivity index (χ1) is 8.85. The summed E-state index contributed by atoms with van der Waals surface area (Å²) in [5.74, 6) is 0.723.